The van der Waals surface area contributed by atoms with E-state index >= 15 is 0 Å². The van der Waals surface area contributed by atoms with Crippen LogP contribution in [-0.2, 0) is 0 Å². The van der Waals surface area contributed by atoms with Gasteiger partial charge in [0.1, 0.15) is 11.3 Å². The van der Waals surface area contributed by atoms with Crippen LogP contribution in [0, 0.1) is 0 Å². The zero-order valence-corrected chi connectivity index (χ0v) is 16.4. The van der Waals surface area contributed by atoms with Crippen LogP contribution < -0.4 is 5.32 Å². The van der Waals surface area contributed by atoms with Crippen molar-refractivity contribution < 1.29 is 14.3 Å². The molecule has 0 fully saturated rings. The van der Waals surface area contributed by atoms with Gasteiger partial charge in [-0.1, -0.05) is 54.6 Å². The highest BCUT2D eigenvalue weighted by Gasteiger charge is 2.12. The number of phenols is 1. The number of aromatic hydroxyl groups is 1. The van der Waals surface area contributed by atoms with Crippen LogP contribution in [0.2, 0.25) is 0 Å². The summed E-state index contributed by atoms with van der Waals surface area (Å²) in [4.78, 5) is 17.1. The zero-order chi connectivity index (χ0) is 21.2. The van der Waals surface area contributed by atoms with Crippen LogP contribution in [-0.4, -0.2) is 17.2 Å². The van der Waals surface area contributed by atoms with Gasteiger partial charge in [0.25, 0.3) is 5.91 Å². The highest BCUT2D eigenvalue weighted by Crippen LogP contribution is 2.27. The van der Waals surface area contributed by atoms with Crippen molar-refractivity contribution in [2.24, 2.45) is 4.99 Å². The van der Waals surface area contributed by atoms with Gasteiger partial charge in [-0.25, -0.2) is 0 Å². The standard InChI is InChI=1S/C26H18N2O3/c29-23-13-12-17-6-1-3-10-21(17)22(23)16-27-19-8-5-9-20(15-19)28-26(30)25-14-18-7-2-4-11-24(18)31-25/h1-16,29H,(H,28,30). The molecule has 0 atom stereocenters. The molecule has 0 unspecified atom stereocenters. The Labute approximate surface area is 178 Å². The quantitative estimate of drug-likeness (QED) is 0.344. The van der Waals surface area contributed by atoms with Gasteiger partial charge in [-0.3, -0.25) is 9.79 Å². The summed E-state index contributed by atoms with van der Waals surface area (Å²) in [6.45, 7) is 0. The first-order chi connectivity index (χ1) is 15.2. The molecule has 0 saturated carbocycles. The summed E-state index contributed by atoms with van der Waals surface area (Å²) in [5, 5.41) is 15.9. The lowest BCUT2D eigenvalue weighted by Gasteiger charge is -2.06. The summed E-state index contributed by atoms with van der Waals surface area (Å²) < 4.78 is 5.62. The van der Waals surface area contributed by atoms with Gasteiger partial charge in [0, 0.05) is 22.9 Å². The molecule has 2 N–H and O–H groups in total. The number of fused-ring (bicyclic) bond motifs is 2. The Hall–Kier alpha value is -4.38. The molecule has 1 aromatic heterocycles. The number of carbonyl (C=O) groups excluding carboxylic acids is 1. The predicted molar refractivity (Wildman–Crippen MR) is 123 cm³/mol. The van der Waals surface area contributed by atoms with Gasteiger partial charge in [0.15, 0.2) is 5.76 Å². The van der Waals surface area contributed by atoms with E-state index in [-0.39, 0.29) is 17.4 Å². The van der Waals surface area contributed by atoms with Gasteiger partial charge in [-0.2, -0.15) is 0 Å². The predicted octanol–water partition coefficient (Wildman–Crippen LogP) is 6.29. The summed E-state index contributed by atoms with van der Waals surface area (Å²) in [7, 11) is 0. The van der Waals surface area contributed by atoms with E-state index in [9.17, 15) is 9.90 Å². The first-order valence-electron chi connectivity index (χ1n) is 9.82. The second kappa shape index (κ2) is 7.80. The van der Waals surface area contributed by atoms with Crippen molar-refractivity contribution in [1.29, 1.82) is 0 Å². The number of benzene rings is 4. The topological polar surface area (TPSA) is 74.8 Å². The summed E-state index contributed by atoms with van der Waals surface area (Å²) in [5.74, 6) is 0.0802. The molecule has 1 amide bonds. The van der Waals surface area contributed by atoms with Crippen LogP contribution in [0.5, 0.6) is 5.75 Å². The molecule has 5 nitrogen and oxygen atoms in total. The van der Waals surface area contributed by atoms with Crippen molar-refractivity contribution in [3.8, 4) is 5.75 Å². The Morgan fingerprint density at radius 2 is 1.68 bits per heavy atom. The van der Waals surface area contributed by atoms with Gasteiger partial charge >= 0.3 is 0 Å². The number of hydrogen-bond acceptors (Lipinski definition) is 4. The summed E-state index contributed by atoms with van der Waals surface area (Å²) >= 11 is 0. The number of carbonyl (C=O) groups is 1. The second-order valence-electron chi connectivity index (χ2n) is 7.13. The normalized spacial score (nSPS) is 11.4. The second-order valence-corrected chi connectivity index (χ2v) is 7.13. The van der Waals surface area contributed by atoms with Crippen LogP contribution in [0.3, 0.4) is 0 Å². The Balaban J connectivity index is 1.39. The van der Waals surface area contributed by atoms with E-state index in [0.717, 1.165) is 16.2 Å². The smallest absolute Gasteiger partial charge is 0.291 e. The molecule has 0 aliphatic carbocycles. The molecule has 0 aliphatic heterocycles. The van der Waals surface area contributed by atoms with Gasteiger partial charge in [-0.05, 0) is 47.2 Å². The van der Waals surface area contributed by atoms with Crippen molar-refractivity contribution in [2.75, 3.05) is 5.32 Å². The Morgan fingerprint density at radius 1 is 0.871 bits per heavy atom. The number of anilines is 1. The maximum absolute atomic E-state index is 12.6. The fourth-order valence-electron chi connectivity index (χ4n) is 3.51. The Morgan fingerprint density at radius 3 is 2.55 bits per heavy atom. The fraction of sp³-hybridized carbons (Fsp3) is 0. The van der Waals surface area contributed by atoms with Crippen LogP contribution in [0.4, 0.5) is 11.4 Å². The minimum absolute atomic E-state index is 0.164. The lowest BCUT2D eigenvalue weighted by molar-refractivity contribution is 0.0998. The largest absolute Gasteiger partial charge is 0.507 e. The molecule has 5 rings (SSSR count). The van der Waals surface area contributed by atoms with Crippen molar-refractivity contribution >= 4 is 45.2 Å². The van der Waals surface area contributed by atoms with Crippen molar-refractivity contribution in [3.63, 3.8) is 0 Å². The van der Waals surface area contributed by atoms with Crippen LogP contribution in [0.25, 0.3) is 21.7 Å². The summed E-state index contributed by atoms with van der Waals surface area (Å²) in [6.07, 6.45) is 1.64. The molecule has 5 aromatic rings. The molecule has 5 heteroatoms. The van der Waals surface area contributed by atoms with Gasteiger partial charge in [0.05, 0.1) is 5.69 Å². The number of nitrogens with one attached hydrogen (secondary N) is 1. The lowest BCUT2D eigenvalue weighted by Crippen LogP contribution is -2.10. The molecule has 0 bridgehead atoms. The van der Waals surface area contributed by atoms with Crippen LogP contribution >= 0.6 is 0 Å². The van der Waals surface area contributed by atoms with Gasteiger partial charge in [-0.15, -0.1) is 0 Å². The van der Waals surface area contributed by atoms with E-state index in [1.165, 1.54) is 0 Å². The number of amides is 1. The van der Waals surface area contributed by atoms with E-state index < -0.39 is 0 Å². The maximum atomic E-state index is 12.6. The van der Waals surface area contributed by atoms with Crippen LogP contribution in [0.15, 0.2) is 100 Å². The molecule has 150 valence electrons. The van der Waals surface area contributed by atoms with Crippen molar-refractivity contribution in [3.05, 3.63) is 102 Å². The molecule has 0 spiro atoms. The number of furan rings is 1. The van der Waals surface area contributed by atoms with E-state index in [1.54, 1.807) is 30.5 Å². The number of rotatable bonds is 4. The van der Waals surface area contributed by atoms with E-state index in [0.29, 0.717) is 22.5 Å². The average Bonchev–Trinajstić information content (AvgIpc) is 3.23. The molecule has 0 aliphatic rings. The third-order valence-electron chi connectivity index (χ3n) is 5.04. The van der Waals surface area contributed by atoms with Gasteiger partial charge in [0.2, 0.25) is 0 Å². The zero-order valence-electron chi connectivity index (χ0n) is 16.4. The third-order valence-corrected chi connectivity index (χ3v) is 5.04. The molecule has 31 heavy (non-hydrogen) atoms. The summed E-state index contributed by atoms with van der Waals surface area (Å²) in [5.41, 5.74) is 2.56. The number of hydrogen-bond donors (Lipinski definition) is 2. The van der Waals surface area contributed by atoms with Gasteiger partial charge < -0.3 is 14.8 Å². The molecule has 0 saturated heterocycles. The molecule has 4 aromatic carbocycles. The Bertz CT molecular complexity index is 1420. The van der Waals surface area contributed by atoms with Crippen LogP contribution in [0.1, 0.15) is 16.1 Å². The number of para-hydroxylation sites is 1. The monoisotopic (exact) mass is 406 g/mol. The highest BCUT2D eigenvalue weighted by molar-refractivity contribution is 6.05. The van der Waals surface area contributed by atoms with E-state index in [1.807, 2.05) is 66.7 Å². The van der Waals surface area contributed by atoms with E-state index in [4.69, 9.17) is 4.42 Å². The Kier molecular flexibility index (Phi) is 4.69. The summed E-state index contributed by atoms with van der Waals surface area (Å²) in [6, 6.07) is 27.7. The third kappa shape index (κ3) is 3.76. The van der Waals surface area contributed by atoms with E-state index in [2.05, 4.69) is 10.3 Å². The van der Waals surface area contributed by atoms with Crippen molar-refractivity contribution in [2.45, 2.75) is 0 Å². The minimum Gasteiger partial charge on any atom is -0.507 e. The molecular formula is C26H18N2O3. The minimum atomic E-state index is -0.330. The molecular weight excluding hydrogens is 388 g/mol. The number of nitrogens with zero attached hydrogens (tertiary/aromatic N) is 1. The molecule has 0 radical (unpaired) electrons. The number of phenolic OH excluding ortho intramolecular Hbond substituents is 1. The maximum Gasteiger partial charge on any atom is 0.291 e. The SMILES string of the molecule is O=C(Nc1cccc(N=Cc2c(O)ccc3ccccc23)c1)c1cc2ccccc2o1. The highest BCUT2D eigenvalue weighted by atomic mass is 16.3. The first kappa shape index (κ1) is 18.6. The molecule has 1 heterocycles. The average molecular weight is 406 g/mol. The lowest BCUT2D eigenvalue weighted by atomic mass is 10.0. The first-order valence-corrected chi connectivity index (χ1v) is 9.82. The van der Waals surface area contributed by atoms with Crippen molar-refractivity contribution in [1.82, 2.24) is 0 Å². The number of aliphatic imine (C=N–C) groups is 1. The fourth-order valence-corrected chi connectivity index (χ4v) is 3.51.